The summed E-state index contributed by atoms with van der Waals surface area (Å²) in [6.45, 7) is 2.48. The van der Waals surface area contributed by atoms with Crippen LogP contribution in [0.5, 0.6) is 0 Å². The molecule has 98 valence electrons. The second kappa shape index (κ2) is 4.39. The molecule has 0 amide bonds. The van der Waals surface area contributed by atoms with Crippen molar-refractivity contribution in [2.45, 2.75) is 56.7 Å². The van der Waals surface area contributed by atoms with Crippen molar-refractivity contribution in [3.63, 3.8) is 0 Å². The molecule has 1 aliphatic carbocycles. The van der Waals surface area contributed by atoms with Crippen LogP contribution in [-0.4, -0.2) is 30.1 Å². The van der Waals surface area contributed by atoms with E-state index in [0.717, 1.165) is 18.5 Å². The highest BCUT2D eigenvalue weighted by molar-refractivity contribution is 5.24. The van der Waals surface area contributed by atoms with Gasteiger partial charge in [-0.15, -0.1) is 0 Å². The van der Waals surface area contributed by atoms with Gasteiger partial charge in [0.15, 0.2) is 0 Å². The van der Waals surface area contributed by atoms with Gasteiger partial charge in [0.25, 0.3) is 0 Å². The molecular formula is C15H22N2O. The summed E-state index contributed by atoms with van der Waals surface area (Å²) in [5, 5.41) is 3.77. The zero-order valence-electron chi connectivity index (χ0n) is 10.9. The first-order chi connectivity index (χ1) is 8.90. The SMILES string of the molecule is c1cc2c(o1)CCCC2N1CCC2CCC(C1)N2. The summed E-state index contributed by atoms with van der Waals surface area (Å²) in [6.07, 6.45) is 9.68. The fourth-order valence-corrected chi connectivity index (χ4v) is 4.09. The normalized spacial score (nSPS) is 36.3. The molecule has 18 heavy (non-hydrogen) atoms. The van der Waals surface area contributed by atoms with Gasteiger partial charge in [0, 0.05) is 43.2 Å². The Kier molecular flexibility index (Phi) is 2.70. The summed E-state index contributed by atoms with van der Waals surface area (Å²) in [6, 6.07) is 4.34. The summed E-state index contributed by atoms with van der Waals surface area (Å²) in [7, 11) is 0. The van der Waals surface area contributed by atoms with Crippen LogP contribution in [0.4, 0.5) is 0 Å². The van der Waals surface area contributed by atoms with Gasteiger partial charge in [0.2, 0.25) is 0 Å². The topological polar surface area (TPSA) is 28.4 Å². The molecular weight excluding hydrogens is 224 g/mol. The van der Waals surface area contributed by atoms with Crippen LogP contribution in [0.25, 0.3) is 0 Å². The second-order valence-corrected chi connectivity index (χ2v) is 6.13. The maximum atomic E-state index is 5.63. The van der Waals surface area contributed by atoms with Gasteiger partial charge in [0.05, 0.1) is 6.26 Å². The molecule has 4 rings (SSSR count). The van der Waals surface area contributed by atoms with Crippen molar-refractivity contribution in [3.05, 3.63) is 23.7 Å². The maximum Gasteiger partial charge on any atom is 0.108 e. The maximum absolute atomic E-state index is 5.63. The zero-order valence-corrected chi connectivity index (χ0v) is 10.9. The van der Waals surface area contributed by atoms with Crippen LogP contribution in [0.3, 0.4) is 0 Å². The Balaban J connectivity index is 1.57. The fourth-order valence-electron chi connectivity index (χ4n) is 4.09. The highest BCUT2D eigenvalue weighted by Gasteiger charge is 2.34. The number of rotatable bonds is 1. The van der Waals surface area contributed by atoms with E-state index in [1.54, 1.807) is 0 Å². The van der Waals surface area contributed by atoms with Crippen LogP contribution >= 0.6 is 0 Å². The average Bonchev–Trinajstić information content (AvgIpc) is 2.95. The van der Waals surface area contributed by atoms with Crippen molar-refractivity contribution in [1.82, 2.24) is 10.2 Å². The number of likely N-dealkylation sites (tertiary alicyclic amines) is 1. The van der Waals surface area contributed by atoms with E-state index in [2.05, 4.69) is 16.3 Å². The molecule has 2 bridgehead atoms. The lowest BCUT2D eigenvalue weighted by Gasteiger charge is -2.34. The quantitative estimate of drug-likeness (QED) is 0.825. The molecule has 1 aromatic heterocycles. The molecule has 1 aromatic rings. The summed E-state index contributed by atoms with van der Waals surface area (Å²) >= 11 is 0. The molecule has 3 aliphatic rings. The van der Waals surface area contributed by atoms with Gasteiger partial charge in [-0.25, -0.2) is 0 Å². The Morgan fingerprint density at radius 2 is 2.11 bits per heavy atom. The van der Waals surface area contributed by atoms with E-state index >= 15 is 0 Å². The molecule has 2 saturated heterocycles. The number of hydrogen-bond donors (Lipinski definition) is 1. The number of hydrogen-bond acceptors (Lipinski definition) is 3. The minimum atomic E-state index is 0.619. The summed E-state index contributed by atoms with van der Waals surface area (Å²) < 4.78 is 5.63. The molecule has 3 heteroatoms. The highest BCUT2D eigenvalue weighted by Crippen LogP contribution is 2.36. The lowest BCUT2D eigenvalue weighted by molar-refractivity contribution is 0.167. The van der Waals surface area contributed by atoms with Gasteiger partial charge in [-0.3, -0.25) is 4.90 Å². The molecule has 0 spiro atoms. The van der Waals surface area contributed by atoms with Crippen LogP contribution in [0.1, 0.15) is 49.5 Å². The van der Waals surface area contributed by atoms with E-state index in [1.165, 1.54) is 56.5 Å². The van der Waals surface area contributed by atoms with Crippen molar-refractivity contribution in [3.8, 4) is 0 Å². The lowest BCUT2D eigenvalue weighted by atomic mass is 9.91. The Bertz CT molecular complexity index is 428. The predicted molar refractivity (Wildman–Crippen MR) is 70.5 cm³/mol. The Labute approximate surface area is 109 Å². The Morgan fingerprint density at radius 1 is 1.17 bits per heavy atom. The molecule has 2 fully saturated rings. The van der Waals surface area contributed by atoms with Crippen LogP contribution < -0.4 is 5.32 Å². The minimum absolute atomic E-state index is 0.619. The number of nitrogens with one attached hydrogen (secondary N) is 1. The van der Waals surface area contributed by atoms with Crippen molar-refractivity contribution >= 4 is 0 Å². The molecule has 1 N–H and O–H groups in total. The second-order valence-electron chi connectivity index (χ2n) is 6.13. The smallest absolute Gasteiger partial charge is 0.108 e. The first-order valence-electron chi connectivity index (χ1n) is 7.46. The van der Waals surface area contributed by atoms with E-state index in [4.69, 9.17) is 4.42 Å². The van der Waals surface area contributed by atoms with Crippen LogP contribution in [0.2, 0.25) is 0 Å². The molecule has 3 nitrogen and oxygen atoms in total. The van der Waals surface area contributed by atoms with Crippen LogP contribution in [0.15, 0.2) is 16.7 Å². The van der Waals surface area contributed by atoms with Gasteiger partial charge in [-0.1, -0.05) is 0 Å². The number of aryl methyl sites for hydroxylation is 1. The van der Waals surface area contributed by atoms with E-state index < -0.39 is 0 Å². The summed E-state index contributed by atoms with van der Waals surface area (Å²) in [5.74, 6) is 1.24. The largest absolute Gasteiger partial charge is 0.469 e. The van der Waals surface area contributed by atoms with Gasteiger partial charge in [-0.2, -0.15) is 0 Å². The number of furan rings is 1. The first-order valence-corrected chi connectivity index (χ1v) is 7.46. The third-order valence-corrected chi connectivity index (χ3v) is 5.02. The van der Waals surface area contributed by atoms with Crippen molar-refractivity contribution in [2.24, 2.45) is 0 Å². The van der Waals surface area contributed by atoms with Gasteiger partial charge < -0.3 is 9.73 Å². The molecule has 3 heterocycles. The van der Waals surface area contributed by atoms with Crippen molar-refractivity contribution in [1.29, 1.82) is 0 Å². The van der Waals surface area contributed by atoms with Crippen molar-refractivity contribution in [2.75, 3.05) is 13.1 Å². The average molecular weight is 246 g/mol. The third kappa shape index (κ3) is 1.81. The summed E-state index contributed by atoms with van der Waals surface area (Å²) in [4.78, 5) is 2.71. The van der Waals surface area contributed by atoms with Gasteiger partial charge in [-0.05, 0) is 38.2 Å². The number of nitrogens with zero attached hydrogens (tertiary/aromatic N) is 1. The van der Waals surface area contributed by atoms with E-state index in [9.17, 15) is 0 Å². The first kappa shape index (κ1) is 11.1. The third-order valence-electron chi connectivity index (χ3n) is 5.02. The highest BCUT2D eigenvalue weighted by atomic mass is 16.3. The Morgan fingerprint density at radius 3 is 3.11 bits per heavy atom. The molecule has 3 atom stereocenters. The van der Waals surface area contributed by atoms with Crippen LogP contribution in [-0.2, 0) is 6.42 Å². The van der Waals surface area contributed by atoms with Gasteiger partial charge in [0.1, 0.15) is 5.76 Å². The van der Waals surface area contributed by atoms with Gasteiger partial charge >= 0.3 is 0 Å². The van der Waals surface area contributed by atoms with E-state index in [-0.39, 0.29) is 0 Å². The minimum Gasteiger partial charge on any atom is -0.469 e. The predicted octanol–water partition coefficient (Wildman–Crippen LogP) is 2.48. The zero-order chi connectivity index (χ0) is 11.9. The lowest BCUT2D eigenvalue weighted by Crippen LogP contribution is -2.38. The standard InChI is InChI=1S/C15H22N2O/c1-2-14(13-7-9-18-15(13)3-1)17-8-6-11-4-5-12(10-17)16-11/h7,9,11-12,14,16H,1-6,8,10H2. The summed E-state index contributed by atoms with van der Waals surface area (Å²) in [5.41, 5.74) is 1.47. The number of fused-ring (bicyclic) bond motifs is 3. The molecule has 2 aliphatic heterocycles. The van der Waals surface area contributed by atoms with E-state index in [0.29, 0.717) is 6.04 Å². The molecule has 0 aromatic carbocycles. The van der Waals surface area contributed by atoms with Crippen molar-refractivity contribution < 1.29 is 4.42 Å². The molecule has 0 saturated carbocycles. The monoisotopic (exact) mass is 246 g/mol. The van der Waals surface area contributed by atoms with E-state index in [1.807, 2.05) is 6.26 Å². The molecule has 0 radical (unpaired) electrons. The fraction of sp³-hybridized carbons (Fsp3) is 0.733. The Hall–Kier alpha value is -0.800. The van der Waals surface area contributed by atoms with Crippen LogP contribution in [0, 0.1) is 0 Å². The molecule has 3 unspecified atom stereocenters.